The molecular formula is C22H34N6O2. The van der Waals surface area contributed by atoms with Crippen LogP contribution in [0.2, 0.25) is 0 Å². The molecule has 8 nitrogen and oxygen atoms in total. The fraction of sp³-hybridized carbons (Fsp3) is 0.591. The lowest BCUT2D eigenvalue weighted by Gasteiger charge is -2.22. The lowest BCUT2D eigenvalue weighted by Crippen LogP contribution is -2.40. The number of hydrogen-bond donors (Lipinski definition) is 1. The number of nitrogens with one attached hydrogen (secondary N) is 1. The summed E-state index contributed by atoms with van der Waals surface area (Å²) in [4.78, 5) is 7.22. The quantitative estimate of drug-likeness (QED) is 0.407. The van der Waals surface area contributed by atoms with E-state index < -0.39 is 0 Å². The Morgan fingerprint density at radius 2 is 1.93 bits per heavy atom. The topological polar surface area (TPSA) is 76.8 Å². The van der Waals surface area contributed by atoms with Crippen molar-refractivity contribution in [3.8, 4) is 11.5 Å². The monoisotopic (exact) mass is 414 g/mol. The van der Waals surface area contributed by atoms with E-state index >= 15 is 0 Å². The smallest absolute Gasteiger partial charge is 0.194 e. The molecule has 1 aromatic carbocycles. The van der Waals surface area contributed by atoms with Crippen molar-refractivity contribution in [2.24, 2.45) is 12.0 Å². The molecular weight excluding hydrogens is 380 g/mol. The predicted molar refractivity (Wildman–Crippen MR) is 118 cm³/mol. The summed E-state index contributed by atoms with van der Waals surface area (Å²) in [6.45, 7) is 7.45. The van der Waals surface area contributed by atoms with E-state index in [2.05, 4.69) is 39.5 Å². The van der Waals surface area contributed by atoms with Gasteiger partial charge in [-0.2, -0.15) is 0 Å². The second-order valence-corrected chi connectivity index (χ2v) is 7.72. The summed E-state index contributed by atoms with van der Waals surface area (Å²) in [5, 5.41) is 11.9. The summed E-state index contributed by atoms with van der Waals surface area (Å²) in [7, 11) is 5.36. The van der Waals surface area contributed by atoms with Gasteiger partial charge in [0.15, 0.2) is 11.8 Å². The standard InChI is InChI=1S/C22H34N6O2/c1-6-7-9-23-22(24-14-21-26-25-16(2)27(21)3)28-10-8-17(15-28)18-11-19(29-4)13-20(12-18)30-5/h11-13,17H,6-10,14-15H2,1-5H3,(H,23,24). The third-order valence-corrected chi connectivity index (χ3v) is 5.70. The van der Waals surface area contributed by atoms with Gasteiger partial charge in [0.2, 0.25) is 0 Å². The predicted octanol–water partition coefficient (Wildman–Crippen LogP) is 2.88. The maximum atomic E-state index is 5.45. The Balaban J connectivity index is 1.74. The molecule has 2 heterocycles. The Labute approximate surface area is 179 Å². The van der Waals surface area contributed by atoms with Crippen molar-refractivity contribution in [2.45, 2.75) is 45.6 Å². The van der Waals surface area contributed by atoms with Gasteiger partial charge >= 0.3 is 0 Å². The van der Waals surface area contributed by atoms with E-state index in [1.807, 2.05) is 24.6 Å². The molecule has 1 aromatic heterocycles. The molecule has 30 heavy (non-hydrogen) atoms. The van der Waals surface area contributed by atoms with Crippen molar-refractivity contribution in [3.05, 3.63) is 35.4 Å². The van der Waals surface area contributed by atoms with Gasteiger partial charge in [0, 0.05) is 38.7 Å². The van der Waals surface area contributed by atoms with Gasteiger partial charge in [0.05, 0.1) is 14.2 Å². The van der Waals surface area contributed by atoms with Crippen molar-refractivity contribution >= 4 is 5.96 Å². The minimum Gasteiger partial charge on any atom is -0.497 e. The van der Waals surface area contributed by atoms with Crippen LogP contribution in [0.4, 0.5) is 0 Å². The lowest BCUT2D eigenvalue weighted by atomic mass is 9.98. The first-order valence-electron chi connectivity index (χ1n) is 10.7. The van der Waals surface area contributed by atoms with E-state index in [-0.39, 0.29) is 0 Å². The van der Waals surface area contributed by atoms with Gasteiger partial charge < -0.3 is 24.3 Å². The summed E-state index contributed by atoms with van der Waals surface area (Å²) in [5.74, 6) is 4.78. The Bertz CT molecular complexity index is 841. The number of likely N-dealkylation sites (tertiary alicyclic amines) is 1. The number of rotatable bonds is 8. The molecule has 0 radical (unpaired) electrons. The third-order valence-electron chi connectivity index (χ3n) is 5.70. The molecule has 0 amide bonds. The van der Waals surface area contributed by atoms with E-state index in [0.717, 1.165) is 68.0 Å². The van der Waals surface area contributed by atoms with Crippen molar-refractivity contribution < 1.29 is 9.47 Å². The van der Waals surface area contributed by atoms with Crippen LogP contribution in [0, 0.1) is 6.92 Å². The van der Waals surface area contributed by atoms with E-state index in [9.17, 15) is 0 Å². The molecule has 3 rings (SSSR count). The molecule has 0 aliphatic carbocycles. The number of aliphatic imine (C=N–C) groups is 1. The van der Waals surface area contributed by atoms with Crippen LogP contribution < -0.4 is 14.8 Å². The first-order valence-corrected chi connectivity index (χ1v) is 10.7. The van der Waals surface area contributed by atoms with Crippen molar-refractivity contribution in [1.29, 1.82) is 0 Å². The zero-order chi connectivity index (χ0) is 21.5. The molecule has 1 aliphatic rings. The highest BCUT2D eigenvalue weighted by molar-refractivity contribution is 5.80. The van der Waals surface area contributed by atoms with Gasteiger partial charge in [-0.25, -0.2) is 4.99 Å². The van der Waals surface area contributed by atoms with Crippen LogP contribution in [0.5, 0.6) is 11.5 Å². The summed E-state index contributed by atoms with van der Waals surface area (Å²) in [6.07, 6.45) is 3.33. The van der Waals surface area contributed by atoms with Gasteiger partial charge in [-0.05, 0) is 37.5 Å². The highest BCUT2D eigenvalue weighted by Gasteiger charge is 2.27. The number of ether oxygens (including phenoxy) is 2. The van der Waals surface area contributed by atoms with Gasteiger partial charge in [0.1, 0.15) is 23.9 Å². The molecule has 1 aliphatic heterocycles. The van der Waals surface area contributed by atoms with Crippen LogP contribution in [0.25, 0.3) is 0 Å². The molecule has 0 spiro atoms. The first-order chi connectivity index (χ1) is 14.5. The summed E-state index contributed by atoms with van der Waals surface area (Å²) in [5.41, 5.74) is 1.24. The van der Waals surface area contributed by atoms with Crippen LogP contribution in [-0.2, 0) is 13.6 Å². The molecule has 1 fully saturated rings. The number of methoxy groups -OCH3 is 2. The van der Waals surface area contributed by atoms with Gasteiger partial charge in [-0.3, -0.25) is 0 Å². The SMILES string of the molecule is CCCCNC(=NCc1nnc(C)n1C)N1CCC(c2cc(OC)cc(OC)c2)C1. The van der Waals surface area contributed by atoms with Crippen LogP contribution in [0.15, 0.2) is 23.2 Å². The highest BCUT2D eigenvalue weighted by atomic mass is 16.5. The van der Waals surface area contributed by atoms with Gasteiger partial charge in [0.25, 0.3) is 0 Å². The molecule has 1 atom stereocenters. The fourth-order valence-electron chi connectivity index (χ4n) is 3.67. The molecule has 8 heteroatoms. The van der Waals surface area contributed by atoms with Crippen LogP contribution in [0.1, 0.15) is 49.3 Å². The average Bonchev–Trinajstić information content (AvgIpc) is 3.38. The van der Waals surface area contributed by atoms with Crippen LogP contribution >= 0.6 is 0 Å². The number of benzene rings is 1. The van der Waals surface area contributed by atoms with E-state index in [0.29, 0.717) is 12.5 Å². The van der Waals surface area contributed by atoms with Crippen molar-refractivity contribution in [2.75, 3.05) is 33.9 Å². The highest BCUT2D eigenvalue weighted by Crippen LogP contribution is 2.33. The maximum absolute atomic E-state index is 5.45. The summed E-state index contributed by atoms with van der Waals surface area (Å²) < 4.78 is 12.9. The van der Waals surface area contributed by atoms with Crippen LogP contribution in [-0.4, -0.2) is 59.5 Å². The Kier molecular flexibility index (Phi) is 7.54. The van der Waals surface area contributed by atoms with Crippen molar-refractivity contribution in [3.63, 3.8) is 0 Å². The molecule has 1 N–H and O–H groups in total. The zero-order valence-electron chi connectivity index (χ0n) is 18.8. The van der Waals surface area contributed by atoms with Crippen molar-refractivity contribution in [1.82, 2.24) is 25.0 Å². The largest absolute Gasteiger partial charge is 0.497 e. The number of guanidine groups is 1. The molecule has 0 bridgehead atoms. The zero-order valence-corrected chi connectivity index (χ0v) is 18.8. The van der Waals surface area contributed by atoms with Crippen LogP contribution in [0.3, 0.4) is 0 Å². The second kappa shape index (κ2) is 10.3. The normalized spacial score (nSPS) is 16.8. The van der Waals surface area contributed by atoms with E-state index in [1.165, 1.54) is 5.56 Å². The molecule has 2 aromatic rings. The number of nitrogens with zero attached hydrogens (tertiary/aromatic N) is 5. The number of unbranched alkanes of at least 4 members (excludes halogenated alkanes) is 1. The Morgan fingerprint density at radius 1 is 1.20 bits per heavy atom. The summed E-state index contributed by atoms with van der Waals surface area (Å²) >= 11 is 0. The third kappa shape index (κ3) is 5.23. The Morgan fingerprint density at radius 3 is 2.53 bits per heavy atom. The minimum atomic E-state index is 0.407. The average molecular weight is 415 g/mol. The molecule has 0 saturated carbocycles. The van der Waals surface area contributed by atoms with Gasteiger partial charge in [-0.15, -0.1) is 10.2 Å². The molecule has 1 unspecified atom stereocenters. The van der Waals surface area contributed by atoms with E-state index in [1.54, 1.807) is 14.2 Å². The Hall–Kier alpha value is -2.77. The van der Waals surface area contributed by atoms with E-state index in [4.69, 9.17) is 14.5 Å². The first kappa shape index (κ1) is 21.9. The minimum absolute atomic E-state index is 0.407. The second-order valence-electron chi connectivity index (χ2n) is 7.72. The number of hydrogen-bond acceptors (Lipinski definition) is 5. The maximum Gasteiger partial charge on any atom is 0.194 e. The molecule has 164 valence electrons. The van der Waals surface area contributed by atoms with Gasteiger partial charge in [-0.1, -0.05) is 13.3 Å². The molecule has 1 saturated heterocycles. The lowest BCUT2D eigenvalue weighted by molar-refractivity contribution is 0.392. The fourth-order valence-corrected chi connectivity index (χ4v) is 3.67. The summed E-state index contributed by atoms with van der Waals surface area (Å²) in [6, 6.07) is 6.14. The number of aryl methyl sites for hydroxylation is 1. The number of aromatic nitrogens is 3.